The highest BCUT2D eigenvalue weighted by molar-refractivity contribution is 7.81. The molecule has 1 aromatic carbocycles. The van der Waals surface area contributed by atoms with E-state index in [1.165, 1.54) is 0 Å². The zero-order valence-electron chi connectivity index (χ0n) is 7.97. The molecule has 70 valence electrons. The molecule has 0 saturated heterocycles. The second-order valence-corrected chi connectivity index (χ2v) is 3.61. The van der Waals surface area contributed by atoms with Crippen molar-refractivity contribution in [2.45, 2.75) is 0 Å². The SMILES string of the molecule is Cn1cccc1C(=S)c1ccccc1. The van der Waals surface area contributed by atoms with Gasteiger partial charge in [0.15, 0.2) is 0 Å². The maximum Gasteiger partial charge on any atom is 0.0686 e. The summed E-state index contributed by atoms with van der Waals surface area (Å²) in [6, 6.07) is 14.1. The minimum Gasteiger partial charge on any atom is -0.350 e. The summed E-state index contributed by atoms with van der Waals surface area (Å²) in [7, 11) is 2.00. The first-order chi connectivity index (χ1) is 6.79. The minimum atomic E-state index is 0.901. The molecule has 0 bridgehead atoms. The third kappa shape index (κ3) is 1.61. The number of aromatic nitrogens is 1. The van der Waals surface area contributed by atoms with Crippen molar-refractivity contribution in [1.82, 2.24) is 4.57 Å². The molecule has 1 aromatic heterocycles. The Hall–Kier alpha value is -1.41. The van der Waals surface area contributed by atoms with Crippen molar-refractivity contribution in [3.05, 3.63) is 59.9 Å². The molecule has 2 rings (SSSR count). The molecule has 0 atom stereocenters. The van der Waals surface area contributed by atoms with E-state index in [0.29, 0.717) is 0 Å². The van der Waals surface area contributed by atoms with Crippen LogP contribution in [0.4, 0.5) is 0 Å². The second kappa shape index (κ2) is 3.76. The van der Waals surface area contributed by atoms with E-state index in [2.05, 4.69) is 0 Å². The number of nitrogens with zero attached hydrogens (tertiary/aromatic N) is 1. The number of hydrogen-bond acceptors (Lipinski definition) is 1. The quantitative estimate of drug-likeness (QED) is 0.534. The molecule has 0 amide bonds. The molecular formula is C12H11NS. The van der Waals surface area contributed by atoms with E-state index in [1.807, 2.05) is 60.3 Å². The van der Waals surface area contributed by atoms with Crippen molar-refractivity contribution in [3.8, 4) is 0 Å². The minimum absolute atomic E-state index is 0.901. The first kappa shape index (κ1) is 9.16. The average molecular weight is 201 g/mol. The lowest BCUT2D eigenvalue weighted by Gasteiger charge is -2.04. The molecule has 0 spiro atoms. The van der Waals surface area contributed by atoms with Gasteiger partial charge in [-0.2, -0.15) is 0 Å². The predicted molar refractivity (Wildman–Crippen MR) is 62.7 cm³/mol. The van der Waals surface area contributed by atoms with Crippen LogP contribution in [0.3, 0.4) is 0 Å². The Balaban J connectivity index is 2.39. The average Bonchev–Trinajstić information content (AvgIpc) is 2.65. The van der Waals surface area contributed by atoms with E-state index in [9.17, 15) is 0 Å². The van der Waals surface area contributed by atoms with Crippen LogP contribution in [0, 0.1) is 0 Å². The Kier molecular flexibility index (Phi) is 2.46. The second-order valence-electron chi connectivity index (χ2n) is 3.20. The molecule has 2 aromatic rings. The Bertz CT molecular complexity index is 442. The maximum atomic E-state index is 5.41. The summed E-state index contributed by atoms with van der Waals surface area (Å²) >= 11 is 5.41. The molecule has 0 N–H and O–H groups in total. The van der Waals surface area contributed by atoms with Gasteiger partial charge in [-0.1, -0.05) is 42.5 Å². The van der Waals surface area contributed by atoms with Crippen LogP contribution in [0.2, 0.25) is 0 Å². The van der Waals surface area contributed by atoms with E-state index in [-0.39, 0.29) is 0 Å². The highest BCUT2D eigenvalue weighted by Crippen LogP contribution is 2.10. The van der Waals surface area contributed by atoms with Gasteiger partial charge in [0, 0.05) is 13.2 Å². The molecule has 0 fully saturated rings. The molecule has 2 heteroatoms. The topological polar surface area (TPSA) is 4.93 Å². The van der Waals surface area contributed by atoms with Gasteiger partial charge in [0.25, 0.3) is 0 Å². The van der Waals surface area contributed by atoms with Crippen LogP contribution in [0.25, 0.3) is 0 Å². The van der Waals surface area contributed by atoms with Gasteiger partial charge >= 0.3 is 0 Å². The van der Waals surface area contributed by atoms with Crippen LogP contribution in [-0.2, 0) is 7.05 Å². The molecule has 14 heavy (non-hydrogen) atoms. The normalized spacial score (nSPS) is 10.1. The van der Waals surface area contributed by atoms with Gasteiger partial charge < -0.3 is 4.57 Å². The van der Waals surface area contributed by atoms with Gasteiger partial charge in [0.05, 0.1) is 10.6 Å². The highest BCUT2D eigenvalue weighted by atomic mass is 32.1. The van der Waals surface area contributed by atoms with E-state index in [4.69, 9.17) is 12.2 Å². The lowest BCUT2D eigenvalue weighted by molar-refractivity contribution is 0.917. The fraction of sp³-hybridized carbons (Fsp3) is 0.0833. The van der Waals surface area contributed by atoms with Crippen molar-refractivity contribution in [2.24, 2.45) is 7.05 Å². The van der Waals surface area contributed by atoms with E-state index in [0.717, 1.165) is 16.1 Å². The van der Waals surface area contributed by atoms with Gasteiger partial charge in [-0.25, -0.2) is 0 Å². The van der Waals surface area contributed by atoms with Crippen molar-refractivity contribution in [3.63, 3.8) is 0 Å². The molecule has 0 unspecified atom stereocenters. The molecule has 0 aliphatic heterocycles. The third-order valence-corrected chi connectivity index (χ3v) is 2.66. The van der Waals surface area contributed by atoms with E-state index in [1.54, 1.807) is 0 Å². The maximum absolute atomic E-state index is 5.41. The Morgan fingerprint density at radius 3 is 2.36 bits per heavy atom. The zero-order valence-corrected chi connectivity index (χ0v) is 8.79. The molecule has 0 aliphatic carbocycles. The predicted octanol–water partition coefficient (Wildman–Crippen LogP) is 2.79. The van der Waals surface area contributed by atoms with Crippen LogP contribution < -0.4 is 0 Å². The number of thiocarbonyl (C=S) groups is 1. The first-order valence-electron chi connectivity index (χ1n) is 4.50. The van der Waals surface area contributed by atoms with Crippen molar-refractivity contribution < 1.29 is 0 Å². The monoisotopic (exact) mass is 201 g/mol. The summed E-state index contributed by atoms with van der Waals surface area (Å²) in [5, 5.41) is 0. The zero-order chi connectivity index (χ0) is 9.97. The Morgan fingerprint density at radius 2 is 1.79 bits per heavy atom. The summed E-state index contributed by atoms with van der Waals surface area (Å²) in [4.78, 5) is 0.901. The summed E-state index contributed by atoms with van der Waals surface area (Å²) in [5.41, 5.74) is 2.19. The molecule has 0 radical (unpaired) electrons. The van der Waals surface area contributed by atoms with E-state index < -0.39 is 0 Å². The third-order valence-electron chi connectivity index (χ3n) is 2.21. The fourth-order valence-corrected chi connectivity index (χ4v) is 1.78. The lowest BCUT2D eigenvalue weighted by atomic mass is 10.1. The van der Waals surface area contributed by atoms with Gasteiger partial charge in [-0.05, 0) is 17.7 Å². The Morgan fingerprint density at radius 1 is 1.07 bits per heavy atom. The number of rotatable bonds is 2. The van der Waals surface area contributed by atoms with Crippen LogP contribution in [0.1, 0.15) is 11.3 Å². The molecular weight excluding hydrogens is 190 g/mol. The molecule has 0 saturated carbocycles. The first-order valence-corrected chi connectivity index (χ1v) is 4.91. The van der Waals surface area contributed by atoms with Gasteiger partial charge in [0.1, 0.15) is 0 Å². The number of aryl methyl sites for hydroxylation is 1. The van der Waals surface area contributed by atoms with Crippen molar-refractivity contribution in [2.75, 3.05) is 0 Å². The Labute approximate surface area is 89.0 Å². The van der Waals surface area contributed by atoms with Gasteiger partial charge in [0.2, 0.25) is 0 Å². The van der Waals surface area contributed by atoms with E-state index >= 15 is 0 Å². The number of hydrogen-bond donors (Lipinski definition) is 0. The fourth-order valence-electron chi connectivity index (χ4n) is 1.43. The summed E-state index contributed by atoms with van der Waals surface area (Å²) in [6.07, 6.45) is 2.00. The smallest absolute Gasteiger partial charge is 0.0686 e. The van der Waals surface area contributed by atoms with Gasteiger partial charge in [-0.3, -0.25) is 0 Å². The molecule has 0 aliphatic rings. The van der Waals surface area contributed by atoms with Crippen molar-refractivity contribution in [1.29, 1.82) is 0 Å². The highest BCUT2D eigenvalue weighted by Gasteiger charge is 2.05. The molecule has 1 heterocycles. The summed E-state index contributed by atoms with van der Waals surface area (Å²) in [5.74, 6) is 0. The van der Waals surface area contributed by atoms with Crippen molar-refractivity contribution >= 4 is 17.1 Å². The van der Waals surface area contributed by atoms with Crippen LogP contribution in [0.15, 0.2) is 48.7 Å². The summed E-state index contributed by atoms with van der Waals surface area (Å²) < 4.78 is 2.04. The van der Waals surface area contributed by atoms with Gasteiger partial charge in [-0.15, -0.1) is 0 Å². The lowest BCUT2D eigenvalue weighted by Crippen LogP contribution is -2.04. The van der Waals surface area contributed by atoms with Crippen LogP contribution in [0.5, 0.6) is 0 Å². The van der Waals surface area contributed by atoms with Crippen LogP contribution in [-0.4, -0.2) is 9.43 Å². The molecule has 1 nitrogen and oxygen atoms in total. The number of benzene rings is 1. The van der Waals surface area contributed by atoms with Crippen LogP contribution >= 0.6 is 12.2 Å². The summed E-state index contributed by atoms with van der Waals surface area (Å²) in [6.45, 7) is 0. The largest absolute Gasteiger partial charge is 0.350 e. The standard InChI is InChI=1S/C12H11NS/c1-13-9-5-8-11(13)12(14)10-6-3-2-4-7-10/h2-9H,1H3.